The predicted octanol–water partition coefficient (Wildman–Crippen LogP) is 2.94. The first kappa shape index (κ1) is 17.3. The molecule has 0 aliphatic rings. The monoisotopic (exact) mass is 359 g/mol. The molecule has 2 aromatic carbocycles. The van der Waals surface area contributed by atoms with Gasteiger partial charge >= 0.3 is 0 Å². The molecule has 0 spiro atoms. The number of benzene rings is 2. The van der Waals surface area contributed by atoms with Gasteiger partial charge in [-0.05, 0) is 25.1 Å². The lowest BCUT2D eigenvalue weighted by Crippen LogP contribution is -2.31. The summed E-state index contributed by atoms with van der Waals surface area (Å²) in [5.41, 5.74) is 1.17. The van der Waals surface area contributed by atoms with Crippen LogP contribution in [0.25, 0.3) is 0 Å². The van der Waals surface area contributed by atoms with Crippen molar-refractivity contribution in [2.75, 3.05) is 0 Å². The molecule has 0 unspecified atom stereocenters. The zero-order valence-corrected chi connectivity index (χ0v) is 14.7. The number of halogens is 1. The maximum Gasteiger partial charge on any atom is 0.241 e. The van der Waals surface area contributed by atoms with E-state index in [1.807, 2.05) is 6.92 Å². The molecule has 5 nitrogen and oxygen atoms in total. The SMILES string of the molecule is Cc1ccc(S(=O)(=O)N[C@H](c2ccccc2F)c2nccn2C)cc1. The number of nitrogens with one attached hydrogen (secondary N) is 1. The van der Waals surface area contributed by atoms with E-state index in [-0.39, 0.29) is 10.5 Å². The molecule has 0 aliphatic heterocycles. The Morgan fingerprint density at radius 2 is 1.80 bits per heavy atom. The standard InChI is InChI=1S/C18H18FN3O2S/c1-13-7-9-14(10-8-13)25(23,24)21-17(18-20-11-12-22(18)2)15-5-3-4-6-16(15)19/h3-12,17,21H,1-2H3/t17-/m1/s1. The second-order valence-corrected chi connectivity index (χ2v) is 7.50. The molecule has 130 valence electrons. The molecule has 1 heterocycles. The minimum atomic E-state index is -3.85. The summed E-state index contributed by atoms with van der Waals surface area (Å²) in [6, 6.07) is 11.6. The Morgan fingerprint density at radius 1 is 1.12 bits per heavy atom. The molecule has 7 heteroatoms. The van der Waals surface area contributed by atoms with Gasteiger partial charge in [0.2, 0.25) is 10.0 Å². The lowest BCUT2D eigenvalue weighted by Gasteiger charge is -2.19. The van der Waals surface area contributed by atoms with Crippen LogP contribution in [-0.4, -0.2) is 18.0 Å². The third-order valence-corrected chi connectivity index (χ3v) is 5.38. The number of rotatable bonds is 5. The van der Waals surface area contributed by atoms with Crippen LogP contribution in [0.15, 0.2) is 65.8 Å². The normalized spacial score (nSPS) is 12.9. The van der Waals surface area contributed by atoms with Crippen LogP contribution in [0, 0.1) is 12.7 Å². The van der Waals surface area contributed by atoms with Gasteiger partial charge in [-0.25, -0.2) is 17.8 Å². The Balaban J connectivity index is 2.06. The highest BCUT2D eigenvalue weighted by atomic mass is 32.2. The van der Waals surface area contributed by atoms with Crippen molar-refractivity contribution in [2.45, 2.75) is 17.9 Å². The van der Waals surface area contributed by atoms with Crippen molar-refractivity contribution in [2.24, 2.45) is 7.05 Å². The quantitative estimate of drug-likeness (QED) is 0.762. The molecule has 1 N–H and O–H groups in total. The summed E-state index contributed by atoms with van der Waals surface area (Å²) in [6.45, 7) is 1.87. The zero-order valence-electron chi connectivity index (χ0n) is 13.8. The Kier molecular flexibility index (Phi) is 4.69. The van der Waals surface area contributed by atoms with E-state index >= 15 is 0 Å². The summed E-state index contributed by atoms with van der Waals surface area (Å²) >= 11 is 0. The zero-order chi connectivity index (χ0) is 18.0. The van der Waals surface area contributed by atoms with E-state index in [4.69, 9.17) is 0 Å². The summed E-state index contributed by atoms with van der Waals surface area (Å²) in [5.74, 6) is -0.0945. The number of nitrogens with zero attached hydrogens (tertiary/aromatic N) is 2. The second-order valence-electron chi connectivity index (χ2n) is 5.79. The Labute approximate surface area is 146 Å². The summed E-state index contributed by atoms with van der Waals surface area (Å²) in [7, 11) is -2.12. The summed E-state index contributed by atoms with van der Waals surface area (Å²) in [5, 5.41) is 0. The first-order chi connectivity index (χ1) is 11.9. The van der Waals surface area contributed by atoms with E-state index < -0.39 is 21.9 Å². The van der Waals surface area contributed by atoms with E-state index in [1.165, 1.54) is 18.2 Å². The molecular weight excluding hydrogens is 341 g/mol. The van der Waals surface area contributed by atoms with Crippen LogP contribution in [-0.2, 0) is 17.1 Å². The van der Waals surface area contributed by atoms with Crippen LogP contribution in [0.3, 0.4) is 0 Å². The van der Waals surface area contributed by atoms with E-state index in [0.29, 0.717) is 5.82 Å². The van der Waals surface area contributed by atoms with E-state index in [1.54, 1.807) is 54.3 Å². The van der Waals surface area contributed by atoms with Crippen molar-refractivity contribution in [1.82, 2.24) is 14.3 Å². The summed E-state index contributed by atoms with van der Waals surface area (Å²) < 4.78 is 44.1. The molecule has 3 rings (SSSR count). The fraction of sp³-hybridized carbons (Fsp3) is 0.167. The molecule has 1 aromatic heterocycles. The second kappa shape index (κ2) is 6.78. The lowest BCUT2D eigenvalue weighted by atomic mass is 10.1. The number of aromatic nitrogens is 2. The van der Waals surface area contributed by atoms with Crippen LogP contribution >= 0.6 is 0 Å². The number of hydrogen-bond donors (Lipinski definition) is 1. The summed E-state index contributed by atoms with van der Waals surface area (Å²) in [6.07, 6.45) is 3.23. The fourth-order valence-corrected chi connectivity index (χ4v) is 3.73. The molecule has 0 fully saturated rings. The third kappa shape index (κ3) is 3.62. The van der Waals surface area contributed by atoms with Crippen molar-refractivity contribution in [1.29, 1.82) is 0 Å². The fourth-order valence-electron chi connectivity index (χ4n) is 2.56. The van der Waals surface area contributed by atoms with E-state index in [2.05, 4.69) is 9.71 Å². The average molecular weight is 359 g/mol. The van der Waals surface area contributed by atoms with Crippen LogP contribution in [0.2, 0.25) is 0 Å². The van der Waals surface area contributed by atoms with Gasteiger partial charge in [0, 0.05) is 25.0 Å². The van der Waals surface area contributed by atoms with Crippen molar-refractivity contribution in [3.05, 3.63) is 83.7 Å². The predicted molar refractivity (Wildman–Crippen MR) is 93.0 cm³/mol. The van der Waals surface area contributed by atoms with E-state index in [0.717, 1.165) is 5.56 Å². The maximum atomic E-state index is 14.3. The molecule has 3 aromatic rings. The Bertz CT molecular complexity index is 982. The van der Waals surface area contributed by atoms with Crippen molar-refractivity contribution >= 4 is 10.0 Å². The molecule has 0 bridgehead atoms. The minimum absolute atomic E-state index is 0.119. The Hall–Kier alpha value is -2.51. The lowest BCUT2D eigenvalue weighted by molar-refractivity contribution is 0.545. The average Bonchev–Trinajstić information content (AvgIpc) is 3.00. The van der Waals surface area contributed by atoms with Crippen molar-refractivity contribution < 1.29 is 12.8 Å². The van der Waals surface area contributed by atoms with Crippen LogP contribution in [0.1, 0.15) is 23.0 Å². The molecule has 25 heavy (non-hydrogen) atoms. The molecule has 0 radical (unpaired) electrons. The van der Waals surface area contributed by atoms with Gasteiger partial charge in [0.1, 0.15) is 17.7 Å². The highest BCUT2D eigenvalue weighted by Gasteiger charge is 2.27. The third-order valence-electron chi connectivity index (χ3n) is 3.94. The number of sulfonamides is 1. The first-order valence-corrected chi connectivity index (χ1v) is 9.17. The molecule has 0 saturated heterocycles. The van der Waals surface area contributed by atoms with Crippen LogP contribution < -0.4 is 4.72 Å². The molecule has 0 saturated carbocycles. The molecule has 0 amide bonds. The molecule has 0 aliphatic carbocycles. The largest absolute Gasteiger partial charge is 0.336 e. The van der Waals surface area contributed by atoms with Gasteiger partial charge in [-0.3, -0.25) is 0 Å². The van der Waals surface area contributed by atoms with Crippen molar-refractivity contribution in [3.63, 3.8) is 0 Å². The number of aryl methyl sites for hydroxylation is 2. The Morgan fingerprint density at radius 3 is 2.40 bits per heavy atom. The first-order valence-electron chi connectivity index (χ1n) is 7.69. The van der Waals surface area contributed by atoms with Crippen LogP contribution in [0.4, 0.5) is 4.39 Å². The smallest absolute Gasteiger partial charge is 0.241 e. The molecule has 1 atom stereocenters. The van der Waals surface area contributed by atoms with Gasteiger partial charge in [-0.1, -0.05) is 35.9 Å². The minimum Gasteiger partial charge on any atom is -0.336 e. The van der Waals surface area contributed by atoms with Gasteiger partial charge < -0.3 is 4.57 Å². The number of imidazole rings is 1. The van der Waals surface area contributed by atoms with Gasteiger partial charge in [0.15, 0.2) is 0 Å². The van der Waals surface area contributed by atoms with Gasteiger partial charge in [0.05, 0.1) is 4.90 Å². The van der Waals surface area contributed by atoms with Gasteiger partial charge in [0.25, 0.3) is 0 Å². The van der Waals surface area contributed by atoms with Crippen molar-refractivity contribution in [3.8, 4) is 0 Å². The summed E-state index contributed by atoms with van der Waals surface area (Å²) in [4.78, 5) is 4.31. The van der Waals surface area contributed by atoms with E-state index in [9.17, 15) is 12.8 Å². The maximum absolute atomic E-state index is 14.3. The topological polar surface area (TPSA) is 64.0 Å². The van der Waals surface area contributed by atoms with Gasteiger partial charge in [-0.15, -0.1) is 0 Å². The number of hydrogen-bond acceptors (Lipinski definition) is 3. The highest BCUT2D eigenvalue weighted by molar-refractivity contribution is 7.89. The molecular formula is C18H18FN3O2S. The highest BCUT2D eigenvalue weighted by Crippen LogP contribution is 2.25. The van der Waals surface area contributed by atoms with Gasteiger partial charge in [-0.2, -0.15) is 4.72 Å². The van der Waals surface area contributed by atoms with Crippen LogP contribution in [0.5, 0.6) is 0 Å².